The van der Waals surface area contributed by atoms with Crippen LogP contribution in [-0.2, 0) is 26.3 Å². The predicted molar refractivity (Wildman–Crippen MR) is 224 cm³/mol. The van der Waals surface area contributed by atoms with E-state index in [1.165, 1.54) is 0 Å². The van der Waals surface area contributed by atoms with E-state index in [9.17, 15) is 30.6 Å². The molecule has 12 heteroatoms. The Labute approximate surface area is 352 Å². The van der Waals surface area contributed by atoms with Crippen LogP contribution in [0.1, 0.15) is 56.2 Å². The smallest absolute Gasteiger partial charge is 0.343 e. The summed E-state index contributed by atoms with van der Waals surface area (Å²) < 4.78 is 20.3. The molecule has 5 aromatic rings. The highest BCUT2D eigenvalue weighted by molar-refractivity contribution is 6.14. The maximum atomic E-state index is 15.1. The van der Waals surface area contributed by atoms with Gasteiger partial charge in [-0.2, -0.15) is 0 Å². The van der Waals surface area contributed by atoms with Crippen LogP contribution < -0.4 is 10.1 Å². The van der Waals surface area contributed by atoms with E-state index in [0.717, 1.165) is 52.8 Å². The number of ether oxygens (including phenoxy) is 3. The lowest BCUT2D eigenvalue weighted by Crippen LogP contribution is -2.83. The summed E-state index contributed by atoms with van der Waals surface area (Å²) in [5, 5.41) is 79.8. The molecule has 0 radical (unpaired) electrons. The molecule has 5 aliphatic carbocycles. The minimum atomic E-state index is -2.59. The summed E-state index contributed by atoms with van der Waals surface area (Å²) in [7, 11) is 1.87. The number of aromatic amines is 1. The lowest BCUT2D eigenvalue weighted by Gasteiger charge is -2.73. The van der Waals surface area contributed by atoms with Gasteiger partial charge >= 0.3 is 5.97 Å². The minimum absolute atomic E-state index is 0.0794. The van der Waals surface area contributed by atoms with Crippen LogP contribution in [0.4, 0.5) is 0 Å². The van der Waals surface area contributed by atoms with Gasteiger partial charge in [0.15, 0.2) is 17.5 Å². The fourth-order valence-corrected chi connectivity index (χ4v) is 15.2. The SMILES string of the molecule is CNC[C@@H]1C[C@@H]2[C@@H]3[C@@H]4C=C[C@]2(O[C@H]2[C@H](C(=O)Oc5c(CO)[nH]c6ccc7cc8ccccc8cc7c56)O[C@@](O)([C@H](O)C4)[C@@]32O)[C@]2(CC[C@H]3CCC[C@]32c2ccc(O)cc2)[C@@H]1O. The van der Waals surface area contributed by atoms with Gasteiger partial charge in [0.05, 0.1) is 34.9 Å². The van der Waals surface area contributed by atoms with E-state index in [4.69, 9.17) is 14.2 Å². The predicted octanol–water partition coefficient (Wildman–Crippen LogP) is 4.84. The molecule has 318 valence electrons. The first-order valence-electron chi connectivity index (χ1n) is 22.0. The zero-order chi connectivity index (χ0) is 41.8. The van der Waals surface area contributed by atoms with E-state index in [1.807, 2.05) is 67.7 Å². The molecule has 4 saturated carbocycles. The molecule has 2 saturated heterocycles. The summed E-state index contributed by atoms with van der Waals surface area (Å²) in [6.07, 6.45) is 3.08. The molecule has 3 heterocycles. The number of phenolic OH excluding ortho intramolecular Hbond substituents is 1. The van der Waals surface area contributed by atoms with Crippen molar-refractivity contribution in [1.82, 2.24) is 10.3 Å². The molecular formula is C49H52N2O10. The Morgan fingerprint density at radius 3 is 2.51 bits per heavy atom. The number of rotatable bonds is 6. The van der Waals surface area contributed by atoms with Crippen molar-refractivity contribution >= 4 is 38.4 Å². The third-order valence-corrected chi connectivity index (χ3v) is 17.2. The number of aromatic hydroxyl groups is 1. The first-order valence-corrected chi connectivity index (χ1v) is 22.0. The van der Waals surface area contributed by atoms with E-state index in [1.54, 1.807) is 12.1 Å². The standard InChI is InChI=1S/C49H52N2O10/c1-50-23-29-21-34-39-28-14-18-47(34,46(42(29)55)17-15-30-7-4-16-45(30,46)31-9-11-32(53)12-10-31)61-43-41(60-49(58,37(54)22-28)48(39,43)57)44(56)59-40-36(24-52)51-35-13-8-27-19-25-5-2-3-6-26(25)20-33(27)38(35)40/h2-3,5-6,8-14,18-20,28-30,34,37,39,41-43,50-55,57-58H,4,7,15-17,21-24H2,1H3/t28-,29+,30-,34-,37-,39+,41-,42-,43+,45-,46-,47-,48-,49+/m1/s1. The molecule has 1 aromatic heterocycles. The molecule has 4 aromatic carbocycles. The largest absolute Gasteiger partial charge is 0.508 e. The minimum Gasteiger partial charge on any atom is -0.508 e. The monoisotopic (exact) mass is 828 g/mol. The number of hydrogen-bond donors (Lipinski definition) is 8. The molecule has 14 atom stereocenters. The Bertz CT molecular complexity index is 2660. The van der Waals surface area contributed by atoms with E-state index in [-0.39, 0.29) is 35.4 Å². The molecule has 0 unspecified atom stereocenters. The third kappa shape index (κ3) is 4.50. The van der Waals surface area contributed by atoms with Crippen molar-refractivity contribution in [3.05, 3.63) is 96.2 Å². The molecular weight excluding hydrogens is 777 g/mol. The molecule has 2 bridgehead atoms. The number of esters is 1. The number of fused-ring (bicyclic) bond motifs is 6. The zero-order valence-corrected chi connectivity index (χ0v) is 34.0. The fraction of sp³-hybridized carbons (Fsp3) is 0.490. The Kier molecular flexibility index (Phi) is 8.08. The Balaban J connectivity index is 1.03. The average molecular weight is 829 g/mol. The van der Waals surface area contributed by atoms with Crippen LogP contribution >= 0.6 is 0 Å². The summed E-state index contributed by atoms with van der Waals surface area (Å²) in [5.74, 6) is -4.90. The van der Waals surface area contributed by atoms with Crippen molar-refractivity contribution in [2.45, 2.75) is 98.4 Å². The quantitative estimate of drug-likeness (QED) is 0.0664. The number of aliphatic hydroxyl groups is 5. The average Bonchev–Trinajstić information content (AvgIpc) is 3.99. The molecule has 12 rings (SSSR count). The highest BCUT2D eigenvalue weighted by Gasteiger charge is 2.87. The molecule has 12 nitrogen and oxygen atoms in total. The van der Waals surface area contributed by atoms with Crippen LogP contribution in [0.2, 0.25) is 0 Å². The summed E-state index contributed by atoms with van der Waals surface area (Å²) in [6.45, 7) is 0.0356. The van der Waals surface area contributed by atoms with Gasteiger partial charge in [0.2, 0.25) is 5.79 Å². The van der Waals surface area contributed by atoms with Gasteiger partial charge in [0.1, 0.15) is 18.0 Å². The lowest BCUT2D eigenvalue weighted by atomic mass is 9.37. The van der Waals surface area contributed by atoms with Crippen molar-refractivity contribution in [2.24, 2.45) is 35.0 Å². The van der Waals surface area contributed by atoms with Gasteiger partial charge < -0.3 is 55.2 Å². The van der Waals surface area contributed by atoms with Crippen LogP contribution in [0, 0.1) is 35.0 Å². The van der Waals surface area contributed by atoms with Crippen LogP contribution in [0.3, 0.4) is 0 Å². The van der Waals surface area contributed by atoms with Crippen molar-refractivity contribution < 1.29 is 49.6 Å². The van der Waals surface area contributed by atoms with E-state index < -0.39 is 82.6 Å². The van der Waals surface area contributed by atoms with Crippen LogP contribution in [0.5, 0.6) is 11.5 Å². The van der Waals surface area contributed by atoms with Gasteiger partial charge in [-0.3, -0.25) is 0 Å². The molecule has 1 spiro atoms. The van der Waals surface area contributed by atoms with Crippen molar-refractivity contribution in [3.63, 3.8) is 0 Å². The number of nitrogens with one attached hydrogen (secondary N) is 2. The number of aliphatic hydroxyl groups excluding tert-OH is 3. The highest BCUT2D eigenvalue weighted by atomic mass is 16.7. The maximum absolute atomic E-state index is 15.1. The van der Waals surface area contributed by atoms with Gasteiger partial charge in [0.25, 0.3) is 0 Å². The molecule has 7 aliphatic rings. The second-order valence-corrected chi connectivity index (χ2v) is 19.3. The fourth-order valence-electron chi connectivity index (χ4n) is 15.2. The summed E-state index contributed by atoms with van der Waals surface area (Å²) >= 11 is 0. The van der Waals surface area contributed by atoms with Gasteiger partial charge in [-0.15, -0.1) is 0 Å². The number of phenols is 1. The first-order chi connectivity index (χ1) is 29.5. The van der Waals surface area contributed by atoms with Crippen molar-refractivity contribution in [3.8, 4) is 11.5 Å². The van der Waals surface area contributed by atoms with Gasteiger partial charge in [-0.1, -0.05) is 61.0 Å². The number of benzene rings is 4. The first kappa shape index (κ1) is 38.3. The zero-order valence-electron chi connectivity index (χ0n) is 34.0. The van der Waals surface area contributed by atoms with E-state index in [2.05, 4.69) is 22.4 Å². The molecule has 8 N–H and O–H groups in total. The number of allylic oxidation sites excluding steroid dienone is 1. The lowest BCUT2D eigenvalue weighted by molar-refractivity contribution is -0.395. The maximum Gasteiger partial charge on any atom is 0.343 e. The van der Waals surface area contributed by atoms with Crippen molar-refractivity contribution in [1.29, 1.82) is 0 Å². The number of hydrogen-bond acceptors (Lipinski definition) is 11. The number of carbonyl (C=O) groups excluding carboxylic acids is 1. The second-order valence-electron chi connectivity index (χ2n) is 19.3. The van der Waals surface area contributed by atoms with Crippen LogP contribution in [-0.4, -0.2) is 96.6 Å². The molecule has 61 heavy (non-hydrogen) atoms. The van der Waals surface area contributed by atoms with E-state index >= 15 is 4.79 Å². The summed E-state index contributed by atoms with van der Waals surface area (Å²) in [6, 6.07) is 23.3. The summed E-state index contributed by atoms with van der Waals surface area (Å²) in [4.78, 5) is 18.3. The highest BCUT2D eigenvalue weighted by Crippen LogP contribution is 2.78. The topological polar surface area (TPSA) is 194 Å². The van der Waals surface area contributed by atoms with Gasteiger partial charge in [-0.25, -0.2) is 4.79 Å². The second kappa shape index (κ2) is 12.9. The van der Waals surface area contributed by atoms with Crippen LogP contribution in [0.25, 0.3) is 32.4 Å². The number of carbonyl (C=O) groups is 1. The molecule has 0 amide bonds. The van der Waals surface area contributed by atoms with Gasteiger partial charge in [0, 0.05) is 23.3 Å². The normalized spacial score (nSPS) is 41.8. The molecule has 6 fully saturated rings. The van der Waals surface area contributed by atoms with Crippen LogP contribution in [0.15, 0.2) is 84.9 Å². The van der Waals surface area contributed by atoms with Gasteiger partial charge in [-0.05, 0) is 127 Å². The third-order valence-electron chi connectivity index (χ3n) is 17.2. The Morgan fingerprint density at radius 1 is 0.951 bits per heavy atom. The molecule has 2 aliphatic heterocycles. The number of aromatic nitrogens is 1. The Hall–Kier alpha value is -4.37. The number of H-pyrrole nitrogens is 1. The van der Waals surface area contributed by atoms with E-state index in [0.29, 0.717) is 30.3 Å². The summed E-state index contributed by atoms with van der Waals surface area (Å²) in [5.41, 5.74) is -3.12. The Morgan fingerprint density at radius 2 is 1.74 bits per heavy atom. The van der Waals surface area contributed by atoms with Crippen molar-refractivity contribution in [2.75, 3.05) is 13.6 Å².